The zero-order valence-electron chi connectivity index (χ0n) is 9.49. The SMILES string of the molecule is O=C(O)C1(Oc2ccccc2Br)CCCCC1. The zero-order chi connectivity index (χ0) is 12.3. The molecule has 1 aliphatic rings. The molecule has 1 N–H and O–H groups in total. The van der Waals surface area contributed by atoms with Crippen molar-refractivity contribution in [2.45, 2.75) is 37.7 Å². The summed E-state index contributed by atoms with van der Waals surface area (Å²) in [6.07, 6.45) is 4.09. The number of carbonyl (C=O) groups is 1. The van der Waals surface area contributed by atoms with Crippen molar-refractivity contribution in [1.29, 1.82) is 0 Å². The summed E-state index contributed by atoms with van der Waals surface area (Å²) >= 11 is 3.38. The Kier molecular flexibility index (Phi) is 3.72. The normalized spacial score (nSPS) is 18.6. The Morgan fingerprint density at radius 1 is 1.24 bits per heavy atom. The molecule has 0 spiro atoms. The molecule has 0 unspecified atom stereocenters. The largest absolute Gasteiger partial charge is 0.478 e. The standard InChI is InChI=1S/C13H15BrO3/c14-10-6-2-3-7-11(10)17-13(12(15)16)8-4-1-5-9-13/h2-3,6-7H,1,4-5,8-9H2,(H,15,16). The Morgan fingerprint density at radius 2 is 1.88 bits per heavy atom. The van der Waals surface area contributed by atoms with E-state index in [0.29, 0.717) is 18.6 Å². The van der Waals surface area contributed by atoms with Crippen LogP contribution in [0.4, 0.5) is 0 Å². The Hall–Kier alpha value is -1.03. The van der Waals surface area contributed by atoms with E-state index < -0.39 is 11.6 Å². The topological polar surface area (TPSA) is 46.5 Å². The van der Waals surface area contributed by atoms with Crippen LogP contribution in [0.3, 0.4) is 0 Å². The van der Waals surface area contributed by atoms with E-state index in [1.807, 2.05) is 18.2 Å². The first-order valence-corrected chi connectivity index (χ1v) is 6.60. The zero-order valence-corrected chi connectivity index (χ0v) is 11.1. The third-order valence-electron chi connectivity index (χ3n) is 3.19. The molecule has 0 heterocycles. The minimum absolute atomic E-state index is 0.587. The Bertz CT molecular complexity index is 411. The molecule has 1 aromatic rings. The van der Waals surface area contributed by atoms with Crippen molar-refractivity contribution in [2.75, 3.05) is 0 Å². The van der Waals surface area contributed by atoms with Crippen molar-refractivity contribution >= 4 is 21.9 Å². The van der Waals surface area contributed by atoms with E-state index >= 15 is 0 Å². The van der Waals surface area contributed by atoms with Crippen molar-refractivity contribution in [1.82, 2.24) is 0 Å². The molecule has 0 aromatic heterocycles. The number of carboxylic acids is 1. The minimum atomic E-state index is -1.04. The molecule has 92 valence electrons. The first-order chi connectivity index (χ1) is 8.14. The van der Waals surface area contributed by atoms with Crippen molar-refractivity contribution in [3.05, 3.63) is 28.7 Å². The van der Waals surface area contributed by atoms with Gasteiger partial charge in [0.25, 0.3) is 0 Å². The summed E-state index contributed by atoms with van der Waals surface area (Å²) in [4.78, 5) is 11.5. The number of ether oxygens (including phenoxy) is 1. The van der Waals surface area contributed by atoms with Crippen molar-refractivity contribution in [2.24, 2.45) is 0 Å². The third-order valence-corrected chi connectivity index (χ3v) is 3.85. The minimum Gasteiger partial charge on any atom is -0.478 e. The highest BCUT2D eigenvalue weighted by Gasteiger charge is 2.42. The molecule has 0 amide bonds. The van der Waals surface area contributed by atoms with Gasteiger partial charge in [0.05, 0.1) is 4.47 Å². The number of benzene rings is 1. The summed E-state index contributed by atoms with van der Waals surface area (Å²) in [7, 11) is 0. The van der Waals surface area contributed by atoms with Gasteiger partial charge in [0.1, 0.15) is 5.75 Å². The first kappa shape index (κ1) is 12.4. The number of aliphatic carboxylic acids is 1. The molecule has 1 fully saturated rings. The van der Waals surface area contributed by atoms with Crippen LogP contribution in [-0.4, -0.2) is 16.7 Å². The highest BCUT2D eigenvalue weighted by atomic mass is 79.9. The number of halogens is 1. The summed E-state index contributed by atoms with van der Waals surface area (Å²) in [6.45, 7) is 0. The van der Waals surface area contributed by atoms with Crippen LogP contribution in [-0.2, 0) is 4.79 Å². The van der Waals surface area contributed by atoms with Crippen LogP contribution >= 0.6 is 15.9 Å². The molecule has 1 saturated carbocycles. The van der Waals surface area contributed by atoms with Crippen molar-refractivity contribution < 1.29 is 14.6 Å². The van der Waals surface area contributed by atoms with Crippen LogP contribution < -0.4 is 4.74 Å². The maximum absolute atomic E-state index is 11.5. The number of hydrogen-bond acceptors (Lipinski definition) is 2. The van der Waals surface area contributed by atoms with E-state index in [4.69, 9.17) is 4.74 Å². The molecule has 4 heteroatoms. The lowest BCUT2D eigenvalue weighted by molar-refractivity contribution is -0.158. The molecule has 1 aromatic carbocycles. The summed E-state index contributed by atoms with van der Waals surface area (Å²) in [5, 5.41) is 9.40. The van der Waals surface area contributed by atoms with Crippen LogP contribution in [0.1, 0.15) is 32.1 Å². The number of carboxylic acid groups (broad SMARTS) is 1. The van der Waals surface area contributed by atoms with Gasteiger partial charge >= 0.3 is 5.97 Å². The van der Waals surface area contributed by atoms with Gasteiger partial charge in [-0.3, -0.25) is 0 Å². The molecule has 3 nitrogen and oxygen atoms in total. The number of hydrogen-bond donors (Lipinski definition) is 1. The summed E-state index contributed by atoms with van der Waals surface area (Å²) in [6, 6.07) is 7.38. The molecule has 1 aliphatic carbocycles. The van der Waals surface area contributed by atoms with E-state index in [-0.39, 0.29) is 0 Å². The van der Waals surface area contributed by atoms with Gasteiger partial charge in [-0.05, 0) is 53.7 Å². The van der Waals surface area contributed by atoms with Crippen LogP contribution in [0.5, 0.6) is 5.75 Å². The molecule has 0 aliphatic heterocycles. The lowest BCUT2D eigenvalue weighted by Gasteiger charge is -2.33. The van der Waals surface area contributed by atoms with Crippen LogP contribution in [0.15, 0.2) is 28.7 Å². The maximum Gasteiger partial charge on any atom is 0.348 e. The van der Waals surface area contributed by atoms with Gasteiger partial charge in [-0.1, -0.05) is 18.6 Å². The fourth-order valence-corrected chi connectivity index (χ4v) is 2.59. The monoisotopic (exact) mass is 298 g/mol. The van der Waals surface area contributed by atoms with E-state index in [1.165, 1.54) is 0 Å². The van der Waals surface area contributed by atoms with Gasteiger partial charge < -0.3 is 9.84 Å². The van der Waals surface area contributed by atoms with Crippen molar-refractivity contribution in [3.8, 4) is 5.75 Å². The highest BCUT2D eigenvalue weighted by molar-refractivity contribution is 9.10. The van der Waals surface area contributed by atoms with E-state index in [2.05, 4.69) is 15.9 Å². The smallest absolute Gasteiger partial charge is 0.348 e. The fourth-order valence-electron chi connectivity index (χ4n) is 2.22. The van der Waals surface area contributed by atoms with Gasteiger partial charge in [-0.15, -0.1) is 0 Å². The highest BCUT2D eigenvalue weighted by Crippen LogP contribution is 2.36. The summed E-state index contributed by atoms with van der Waals surface area (Å²) in [5.74, 6) is -0.246. The lowest BCUT2D eigenvalue weighted by atomic mass is 9.84. The van der Waals surface area contributed by atoms with Gasteiger partial charge in [0.15, 0.2) is 0 Å². The maximum atomic E-state index is 11.5. The summed E-state index contributed by atoms with van der Waals surface area (Å²) < 4.78 is 6.59. The summed E-state index contributed by atoms with van der Waals surface area (Å²) in [5.41, 5.74) is -1.04. The Labute approximate surface area is 109 Å². The van der Waals surface area contributed by atoms with E-state index in [9.17, 15) is 9.90 Å². The fraction of sp³-hybridized carbons (Fsp3) is 0.462. The second-order valence-corrected chi connectivity index (χ2v) is 5.25. The lowest BCUT2D eigenvalue weighted by Crippen LogP contribution is -2.46. The Morgan fingerprint density at radius 3 is 2.47 bits per heavy atom. The second kappa shape index (κ2) is 5.08. The Balaban J connectivity index is 2.24. The van der Waals surface area contributed by atoms with Gasteiger partial charge in [-0.2, -0.15) is 0 Å². The molecular formula is C13H15BrO3. The first-order valence-electron chi connectivity index (χ1n) is 5.81. The van der Waals surface area contributed by atoms with Gasteiger partial charge in [-0.25, -0.2) is 4.79 Å². The predicted molar refractivity (Wildman–Crippen MR) is 68.2 cm³/mol. The van der Waals surface area contributed by atoms with Crippen LogP contribution in [0.25, 0.3) is 0 Å². The van der Waals surface area contributed by atoms with Crippen LogP contribution in [0.2, 0.25) is 0 Å². The number of para-hydroxylation sites is 1. The molecule has 0 atom stereocenters. The molecule has 0 radical (unpaired) electrons. The molecule has 0 saturated heterocycles. The second-order valence-electron chi connectivity index (χ2n) is 4.39. The van der Waals surface area contributed by atoms with E-state index in [1.54, 1.807) is 6.07 Å². The molecule has 2 rings (SSSR count). The van der Waals surface area contributed by atoms with Crippen LogP contribution in [0, 0.1) is 0 Å². The average molecular weight is 299 g/mol. The van der Waals surface area contributed by atoms with Crippen molar-refractivity contribution in [3.63, 3.8) is 0 Å². The molecule has 17 heavy (non-hydrogen) atoms. The van der Waals surface area contributed by atoms with Gasteiger partial charge in [0, 0.05) is 0 Å². The van der Waals surface area contributed by atoms with Gasteiger partial charge in [0.2, 0.25) is 5.60 Å². The number of rotatable bonds is 3. The average Bonchev–Trinajstić information content (AvgIpc) is 2.33. The third kappa shape index (κ3) is 2.63. The molecule has 0 bridgehead atoms. The quantitative estimate of drug-likeness (QED) is 0.927. The van der Waals surface area contributed by atoms with E-state index in [0.717, 1.165) is 23.7 Å². The predicted octanol–water partition coefficient (Wildman–Crippen LogP) is 3.62. The molecular weight excluding hydrogens is 284 g/mol.